The number of hydrogen-bond donors (Lipinski definition) is 1. The van der Waals surface area contributed by atoms with Crippen LogP contribution in [0.25, 0.3) is 11.3 Å². The summed E-state index contributed by atoms with van der Waals surface area (Å²) in [4.78, 5) is 14.4. The van der Waals surface area contributed by atoms with Crippen LogP contribution in [0.2, 0.25) is 5.02 Å². The van der Waals surface area contributed by atoms with Crippen molar-refractivity contribution in [3.63, 3.8) is 0 Å². The summed E-state index contributed by atoms with van der Waals surface area (Å²) in [6.45, 7) is 4.09. The van der Waals surface area contributed by atoms with Crippen LogP contribution in [0.15, 0.2) is 24.4 Å². The van der Waals surface area contributed by atoms with Crippen molar-refractivity contribution in [3.8, 4) is 17.0 Å². The van der Waals surface area contributed by atoms with Crippen LogP contribution < -0.4 is 4.74 Å². The van der Waals surface area contributed by atoms with Crippen molar-refractivity contribution in [1.82, 2.24) is 15.1 Å². The van der Waals surface area contributed by atoms with E-state index in [2.05, 4.69) is 10.2 Å². The first kappa shape index (κ1) is 14.9. The Morgan fingerprint density at radius 1 is 1.41 bits per heavy atom. The van der Waals surface area contributed by atoms with Gasteiger partial charge < -0.3 is 9.64 Å². The van der Waals surface area contributed by atoms with Gasteiger partial charge >= 0.3 is 0 Å². The number of aromatic nitrogens is 2. The van der Waals surface area contributed by atoms with E-state index in [9.17, 15) is 4.79 Å². The minimum absolute atomic E-state index is 0.0197. The molecular weight excluding hydrogens is 302 g/mol. The lowest BCUT2D eigenvalue weighted by atomic mass is 10.1. The molecule has 0 spiro atoms. The first-order valence-corrected chi connectivity index (χ1v) is 7.84. The highest BCUT2D eigenvalue weighted by Crippen LogP contribution is 2.31. The Morgan fingerprint density at radius 2 is 2.18 bits per heavy atom. The molecule has 0 bridgehead atoms. The lowest BCUT2D eigenvalue weighted by Crippen LogP contribution is -2.27. The number of carbonyl (C=O) groups is 1. The summed E-state index contributed by atoms with van der Waals surface area (Å²) in [7, 11) is 0. The number of carbonyl (C=O) groups excluding carboxylic acids is 1. The van der Waals surface area contributed by atoms with Gasteiger partial charge in [-0.05, 0) is 38.0 Å². The zero-order chi connectivity index (χ0) is 15.5. The number of nitrogens with zero attached hydrogens (tertiary/aromatic N) is 2. The number of aromatic amines is 1. The summed E-state index contributed by atoms with van der Waals surface area (Å²) in [5.41, 5.74) is 2.11. The standard InChI is InChI=1S/C16H18ClN3O2/c1-2-22-14-6-5-11(9-13(14)17)15-12(10-18-19-15)16(21)20-7-3-4-8-20/h5-6,9-10H,2-4,7-8H2,1H3,(H,18,19). The third-order valence-electron chi connectivity index (χ3n) is 3.78. The second-order valence-electron chi connectivity index (χ2n) is 5.24. The van der Waals surface area contributed by atoms with Crippen LogP contribution in [0.4, 0.5) is 0 Å². The zero-order valence-corrected chi connectivity index (χ0v) is 13.2. The van der Waals surface area contributed by atoms with E-state index in [1.165, 1.54) is 0 Å². The van der Waals surface area contributed by atoms with E-state index in [0.717, 1.165) is 31.5 Å². The highest BCUT2D eigenvalue weighted by Gasteiger charge is 2.24. The van der Waals surface area contributed by atoms with E-state index in [-0.39, 0.29) is 5.91 Å². The molecule has 3 rings (SSSR count). The number of H-pyrrole nitrogens is 1. The largest absolute Gasteiger partial charge is 0.492 e. The number of likely N-dealkylation sites (tertiary alicyclic amines) is 1. The molecule has 0 atom stereocenters. The highest BCUT2D eigenvalue weighted by atomic mass is 35.5. The third kappa shape index (κ3) is 2.81. The summed E-state index contributed by atoms with van der Waals surface area (Å²) in [6.07, 6.45) is 3.71. The van der Waals surface area contributed by atoms with Gasteiger partial charge in [0.05, 0.1) is 29.1 Å². The average Bonchev–Trinajstić information content (AvgIpc) is 3.20. The van der Waals surface area contributed by atoms with Crippen LogP contribution in [0.3, 0.4) is 0 Å². The summed E-state index contributed by atoms with van der Waals surface area (Å²) in [5.74, 6) is 0.658. The Bertz CT molecular complexity index is 678. The van der Waals surface area contributed by atoms with Crippen molar-refractivity contribution < 1.29 is 9.53 Å². The fourth-order valence-corrected chi connectivity index (χ4v) is 2.92. The maximum absolute atomic E-state index is 12.6. The van der Waals surface area contributed by atoms with Crippen molar-refractivity contribution in [2.45, 2.75) is 19.8 Å². The summed E-state index contributed by atoms with van der Waals surface area (Å²) in [6, 6.07) is 5.48. The number of halogens is 1. The smallest absolute Gasteiger partial charge is 0.257 e. The molecule has 2 aromatic rings. The molecule has 0 saturated carbocycles. The van der Waals surface area contributed by atoms with Crippen molar-refractivity contribution in [1.29, 1.82) is 0 Å². The molecule has 0 unspecified atom stereocenters. The lowest BCUT2D eigenvalue weighted by Gasteiger charge is -2.15. The predicted molar refractivity (Wildman–Crippen MR) is 85.3 cm³/mol. The van der Waals surface area contributed by atoms with Gasteiger partial charge in [0.2, 0.25) is 0 Å². The molecule has 0 aliphatic carbocycles. The normalized spacial score (nSPS) is 14.4. The van der Waals surface area contributed by atoms with E-state index >= 15 is 0 Å². The molecule has 6 heteroatoms. The Labute approximate surface area is 134 Å². The van der Waals surface area contributed by atoms with Gasteiger partial charge in [0.1, 0.15) is 5.75 Å². The van der Waals surface area contributed by atoms with Crippen LogP contribution in [-0.2, 0) is 0 Å². The average molecular weight is 320 g/mol. The molecule has 1 aromatic heterocycles. The molecule has 2 heterocycles. The van der Waals surface area contributed by atoms with Crippen molar-refractivity contribution in [3.05, 3.63) is 35.0 Å². The number of ether oxygens (including phenoxy) is 1. The van der Waals surface area contributed by atoms with E-state index in [4.69, 9.17) is 16.3 Å². The lowest BCUT2D eigenvalue weighted by molar-refractivity contribution is 0.0793. The van der Waals surface area contributed by atoms with Crippen molar-refractivity contribution >= 4 is 17.5 Å². The Hall–Kier alpha value is -2.01. The molecule has 0 radical (unpaired) electrons. The second-order valence-corrected chi connectivity index (χ2v) is 5.64. The minimum atomic E-state index is 0.0197. The maximum atomic E-state index is 12.6. The summed E-state index contributed by atoms with van der Waals surface area (Å²) >= 11 is 6.23. The molecule has 1 aliphatic heterocycles. The van der Waals surface area contributed by atoms with Gasteiger partial charge in [0.25, 0.3) is 5.91 Å². The van der Waals surface area contributed by atoms with Gasteiger partial charge in [-0.2, -0.15) is 5.10 Å². The van der Waals surface area contributed by atoms with Gasteiger partial charge in [0, 0.05) is 18.7 Å². The van der Waals surface area contributed by atoms with Gasteiger partial charge in [-0.15, -0.1) is 0 Å². The van der Waals surface area contributed by atoms with Crippen LogP contribution in [0, 0.1) is 0 Å². The van der Waals surface area contributed by atoms with Gasteiger partial charge in [-0.25, -0.2) is 0 Å². The zero-order valence-electron chi connectivity index (χ0n) is 12.4. The van der Waals surface area contributed by atoms with E-state index < -0.39 is 0 Å². The SMILES string of the molecule is CCOc1ccc(-c2[nH]ncc2C(=O)N2CCCC2)cc1Cl. The van der Waals surface area contributed by atoms with Crippen LogP contribution >= 0.6 is 11.6 Å². The monoisotopic (exact) mass is 319 g/mol. The number of rotatable bonds is 4. The Kier molecular flexibility index (Phi) is 4.34. The van der Waals surface area contributed by atoms with Gasteiger partial charge in [0.15, 0.2) is 0 Å². The fraction of sp³-hybridized carbons (Fsp3) is 0.375. The van der Waals surface area contributed by atoms with Crippen molar-refractivity contribution in [2.24, 2.45) is 0 Å². The number of hydrogen-bond acceptors (Lipinski definition) is 3. The first-order chi connectivity index (χ1) is 10.7. The molecule has 5 nitrogen and oxygen atoms in total. The van der Waals surface area contributed by atoms with Crippen molar-refractivity contribution in [2.75, 3.05) is 19.7 Å². The maximum Gasteiger partial charge on any atom is 0.257 e. The molecule has 1 saturated heterocycles. The minimum Gasteiger partial charge on any atom is -0.492 e. The van der Waals surface area contributed by atoms with Gasteiger partial charge in [-0.1, -0.05) is 11.6 Å². The highest BCUT2D eigenvalue weighted by molar-refractivity contribution is 6.32. The summed E-state index contributed by atoms with van der Waals surface area (Å²) < 4.78 is 5.44. The Morgan fingerprint density at radius 3 is 2.86 bits per heavy atom. The number of amides is 1. The number of benzene rings is 1. The van der Waals surface area contributed by atoms with Crippen LogP contribution in [0.5, 0.6) is 5.75 Å². The van der Waals surface area contributed by atoms with E-state index in [1.54, 1.807) is 12.3 Å². The second kappa shape index (κ2) is 6.40. The predicted octanol–water partition coefficient (Wildman–Crippen LogP) is 3.36. The molecule has 116 valence electrons. The molecule has 1 aromatic carbocycles. The fourth-order valence-electron chi connectivity index (χ4n) is 2.69. The summed E-state index contributed by atoms with van der Waals surface area (Å²) in [5, 5.41) is 7.46. The molecule has 22 heavy (non-hydrogen) atoms. The molecule has 1 fully saturated rings. The molecule has 1 aliphatic rings. The van der Waals surface area contributed by atoms with Crippen LogP contribution in [0.1, 0.15) is 30.1 Å². The molecular formula is C16H18ClN3O2. The third-order valence-corrected chi connectivity index (χ3v) is 4.08. The molecule has 1 N–H and O–H groups in total. The van der Waals surface area contributed by atoms with E-state index in [0.29, 0.717) is 28.6 Å². The Balaban J connectivity index is 1.91. The molecule has 1 amide bonds. The van der Waals surface area contributed by atoms with Crippen LogP contribution in [-0.4, -0.2) is 40.7 Å². The number of nitrogens with one attached hydrogen (secondary N) is 1. The topological polar surface area (TPSA) is 58.2 Å². The van der Waals surface area contributed by atoms with Gasteiger partial charge in [-0.3, -0.25) is 9.89 Å². The van der Waals surface area contributed by atoms with E-state index in [1.807, 2.05) is 24.0 Å². The first-order valence-electron chi connectivity index (χ1n) is 7.46. The quantitative estimate of drug-likeness (QED) is 0.940.